The third kappa shape index (κ3) is 3.83. The Morgan fingerprint density at radius 3 is 2.71 bits per heavy atom. The molecule has 1 unspecified atom stereocenters. The number of nitrogens with one attached hydrogen (secondary N) is 1. The van der Waals surface area contributed by atoms with Crippen molar-refractivity contribution in [3.63, 3.8) is 0 Å². The maximum atomic E-state index is 5.68. The van der Waals surface area contributed by atoms with Gasteiger partial charge in [-0.3, -0.25) is 11.3 Å². The summed E-state index contributed by atoms with van der Waals surface area (Å²) in [6, 6.07) is 9.21. The lowest BCUT2D eigenvalue weighted by Crippen LogP contribution is -2.28. The molecule has 1 saturated carbocycles. The summed E-state index contributed by atoms with van der Waals surface area (Å²) in [7, 11) is 0. The van der Waals surface area contributed by atoms with E-state index in [9.17, 15) is 0 Å². The Morgan fingerprint density at radius 1 is 1.35 bits per heavy atom. The minimum absolute atomic E-state index is 0.328. The van der Waals surface area contributed by atoms with E-state index < -0.39 is 0 Å². The largest absolute Gasteiger partial charge is 0.271 e. The van der Waals surface area contributed by atoms with E-state index in [4.69, 9.17) is 5.84 Å². The van der Waals surface area contributed by atoms with Gasteiger partial charge >= 0.3 is 0 Å². The van der Waals surface area contributed by atoms with Gasteiger partial charge in [0.15, 0.2) is 0 Å². The molecule has 0 saturated heterocycles. The number of benzene rings is 1. The van der Waals surface area contributed by atoms with Gasteiger partial charge in [0, 0.05) is 6.04 Å². The number of hydrazine groups is 1. The zero-order valence-electron chi connectivity index (χ0n) is 10.9. The van der Waals surface area contributed by atoms with Gasteiger partial charge in [-0.1, -0.05) is 51.0 Å². The Morgan fingerprint density at radius 2 is 2.12 bits per heavy atom. The summed E-state index contributed by atoms with van der Waals surface area (Å²) in [5, 5.41) is 0. The maximum Gasteiger partial charge on any atom is 0.0462 e. The second-order valence-electron chi connectivity index (χ2n) is 5.74. The van der Waals surface area contributed by atoms with Gasteiger partial charge in [0.2, 0.25) is 0 Å². The molecule has 2 heteroatoms. The van der Waals surface area contributed by atoms with Crippen LogP contribution in [0, 0.1) is 11.8 Å². The Bertz CT molecular complexity index is 356. The highest BCUT2D eigenvalue weighted by atomic mass is 15.2. The van der Waals surface area contributed by atoms with Crippen LogP contribution in [0.4, 0.5) is 0 Å². The lowest BCUT2D eigenvalue weighted by Gasteiger charge is -2.17. The first-order valence-corrected chi connectivity index (χ1v) is 6.74. The van der Waals surface area contributed by atoms with Crippen molar-refractivity contribution in [2.75, 3.05) is 0 Å². The molecule has 0 bridgehead atoms. The molecule has 0 aromatic heterocycles. The molecule has 1 aliphatic rings. The number of hydrogen-bond acceptors (Lipinski definition) is 2. The third-order valence-corrected chi connectivity index (χ3v) is 3.46. The van der Waals surface area contributed by atoms with Crippen LogP contribution >= 0.6 is 0 Å². The topological polar surface area (TPSA) is 38.0 Å². The normalized spacial score (nSPS) is 17.4. The SMILES string of the molecule is CC(C)Cc1cccc(C(CC2CC2)NN)c1. The molecule has 0 heterocycles. The van der Waals surface area contributed by atoms with E-state index in [0.717, 1.165) is 12.3 Å². The van der Waals surface area contributed by atoms with Crippen molar-refractivity contribution in [1.29, 1.82) is 0 Å². The molecular weight excluding hydrogens is 208 g/mol. The second-order valence-corrected chi connectivity index (χ2v) is 5.74. The average Bonchev–Trinajstić information content (AvgIpc) is 3.09. The summed E-state index contributed by atoms with van der Waals surface area (Å²) in [4.78, 5) is 0. The van der Waals surface area contributed by atoms with Crippen molar-refractivity contribution >= 4 is 0 Å². The first-order valence-electron chi connectivity index (χ1n) is 6.74. The zero-order valence-corrected chi connectivity index (χ0v) is 10.9. The van der Waals surface area contributed by atoms with E-state index in [0.29, 0.717) is 12.0 Å². The van der Waals surface area contributed by atoms with Crippen LogP contribution in [0.2, 0.25) is 0 Å². The van der Waals surface area contributed by atoms with Crippen molar-refractivity contribution in [3.05, 3.63) is 35.4 Å². The lowest BCUT2D eigenvalue weighted by atomic mass is 9.96. The van der Waals surface area contributed by atoms with Gasteiger partial charge in [-0.2, -0.15) is 0 Å². The minimum atomic E-state index is 0.328. The summed E-state index contributed by atoms with van der Waals surface area (Å²) in [6.45, 7) is 4.52. The molecule has 3 N–H and O–H groups in total. The quantitative estimate of drug-likeness (QED) is 0.584. The molecule has 0 spiro atoms. The van der Waals surface area contributed by atoms with E-state index in [1.807, 2.05) is 0 Å². The van der Waals surface area contributed by atoms with Crippen molar-refractivity contribution in [2.45, 2.75) is 45.6 Å². The molecule has 0 amide bonds. The average molecular weight is 232 g/mol. The van der Waals surface area contributed by atoms with Gasteiger partial charge in [0.25, 0.3) is 0 Å². The van der Waals surface area contributed by atoms with E-state index in [-0.39, 0.29) is 0 Å². The molecule has 1 aromatic rings. The molecule has 0 aliphatic heterocycles. The Hall–Kier alpha value is -0.860. The molecule has 1 aromatic carbocycles. The predicted molar refractivity (Wildman–Crippen MR) is 72.4 cm³/mol. The first kappa shape index (κ1) is 12.6. The molecular formula is C15H24N2. The molecule has 2 nitrogen and oxygen atoms in total. The van der Waals surface area contributed by atoms with Gasteiger partial charge in [-0.05, 0) is 35.8 Å². The third-order valence-electron chi connectivity index (χ3n) is 3.46. The molecule has 1 fully saturated rings. The monoisotopic (exact) mass is 232 g/mol. The Balaban J connectivity index is 2.06. The predicted octanol–water partition coefficient (Wildman–Crippen LogP) is 3.19. The van der Waals surface area contributed by atoms with Gasteiger partial charge < -0.3 is 0 Å². The highest BCUT2D eigenvalue weighted by molar-refractivity contribution is 5.26. The van der Waals surface area contributed by atoms with Crippen LogP contribution in [0.5, 0.6) is 0 Å². The lowest BCUT2D eigenvalue weighted by molar-refractivity contribution is 0.486. The number of rotatable bonds is 6. The smallest absolute Gasteiger partial charge is 0.0462 e. The molecule has 2 rings (SSSR count). The van der Waals surface area contributed by atoms with E-state index in [1.165, 1.54) is 30.4 Å². The van der Waals surface area contributed by atoms with E-state index in [2.05, 4.69) is 43.5 Å². The molecule has 1 atom stereocenters. The summed E-state index contributed by atoms with van der Waals surface area (Å²) < 4.78 is 0. The van der Waals surface area contributed by atoms with Gasteiger partial charge in [0.05, 0.1) is 0 Å². The second kappa shape index (κ2) is 5.65. The zero-order chi connectivity index (χ0) is 12.3. The van der Waals surface area contributed by atoms with Crippen molar-refractivity contribution in [2.24, 2.45) is 17.7 Å². The fourth-order valence-electron chi connectivity index (χ4n) is 2.40. The first-order chi connectivity index (χ1) is 8.19. The van der Waals surface area contributed by atoms with Crippen LogP contribution in [-0.2, 0) is 6.42 Å². The van der Waals surface area contributed by atoms with Gasteiger partial charge in [0.1, 0.15) is 0 Å². The molecule has 0 radical (unpaired) electrons. The highest BCUT2D eigenvalue weighted by Gasteiger charge is 2.25. The fourth-order valence-corrected chi connectivity index (χ4v) is 2.40. The van der Waals surface area contributed by atoms with Crippen molar-refractivity contribution in [1.82, 2.24) is 5.43 Å². The summed E-state index contributed by atoms with van der Waals surface area (Å²) in [5.41, 5.74) is 5.74. The van der Waals surface area contributed by atoms with Crippen molar-refractivity contribution < 1.29 is 0 Å². The minimum Gasteiger partial charge on any atom is -0.271 e. The molecule has 94 valence electrons. The van der Waals surface area contributed by atoms with Crippen LogP contribution in [0.25, 0.3) is 0 Å². The van der Waals surface area contributed by atoms with Crippen LogP contribution in [0.1, 0.15) is 50.3 Å². The van der Waals surface area contributed by atoms with Crippen LogP contribution in [-0.4, -0.2) is 0 Å². The highest BCUT2D eigenvalue weighted by Crippen LogP contribution is 2.37. The van der Waals surface area contributed by atoms with Gasteiger partial charge in [-0.15, -0.1) is 0 Å². The van der Waals surface area contributed by atoms with E-state index in [1.54, 1.807) is 0 Å². The summed E-state index contributed by atoms with van der Waals surface area (Å²) in [5.74, 6) is 7.28. The van der Waals surface area contributed by atoms with Crippen LogP contribution in [0.15, 0.2) is 24.3 Å². The van der Waals surface area contributed by atoms with Gasteiger partial charge in [-0.25, -0.2) is 0 Å². The fraction of sp³-hybridized carbons (Fsp3) is 0.600. The van der Waals surface area contributed by atoms with Crippen LogP contribution < -0.4 is 11.3 Å². The number of hydrogen-bond donors (Lipinski definition) is 2. The number of nitrogens with two attached hydrogens (primary N) is 1. The molecule has 1 aliphatic carbocycles. The van der Waals surface area contributed by atoms with Crippen molar-refractivity contribution in [3.8, 4) is 0 Å². The summed E-state index contributed by atoms with van der Waals surface area (Å²) >= 11 is 0. The Kier molecular flexibility index (Phi) is 4.19. The molecule has 17 heavy (non-hydrogen) atoms. The van der Waals surface area contributed by atoms with E-state index >= 15 is 0 Å². The van der Waals surface area contributed by atoms with Crippen LogP contribution in [0.3, 0.4) is 0 Å². The standard InChI is InChI=1S/C15H24N2/c1-11(2)8-13-4-3-5-14(9-13)15(17-16)10-12-6-7-12/h3-5,9,11-12,15,17H,6-8,10,16H2,1-2H3. The maximum absolute atomic E-state index is 5.68. The Labute approximate surface area is 105 Å². The summed E-state index contributed by atoms with van der Waals surface area (Å²) in [6.07, 6.45) is 5.09.